The Kier molecular flexibility index (Phi) is 5.14. The smallest absolute Gasteiger partial charge is 0.328 e. The topological polar surface area (TPSA) is 38.3 Å². The Labute approximate surface area is 147 Å². The van der Waals surface area contributed by atoms with E-state index in [9.17, 15) is 4.79 Å². The lowest BCUT2D eigenvalue weighted by Crippen LogP contribution is -2.32. The molecule has 0 saturated heterocycles. The molecule has 3 rings (SSSR count). The molecule has 0 spiro atoms. The van der Waals surface area contributed by atoms with Crippen molar-refractivity contribution in [2.45, 2.75) is 42.5 Å². The summed E-state index contributed by atoms with van der Waals surface area (Å²) in [6, 6.07) is 14.4. The van der Waals surface area contributed by atoms with Crippen LogP contribution in [0.15, 0.2) is 52.3 Å². The molecule has 0 aromatic heterocycles. The SMILES string of the molecule is COC(=O)[C@H](CC(C)C)Nc1cccc2c1Cc1ccccc1S2. The number of nitrogens with one attached hydrogen (secondary N) is 1. The molecule has 1 N–H and O–H groups in total. The van der Waals surface area contributed by atoms with E-state index in [0.29, 0.717) is 5.92 Å². The van der Waals surface area contributed by atoms with E-state index in [2.05, 4.69) is 55.6 Å². The number of hydrogen-bond donors (Lipinski definition) is 1. The molecule has 2 aromatic rings. The number of esters is 1. The van der Waals surface area contributed by atoms with Crippen molar-refractivity contribution in [3.05, 3.63) is 53.6 Å². The average Bonchev–Trinajstić information content (AvgIpc) is 2.58. The number of carbonyl (C=O) groups excluding carboxylic acids is 1. The number of methoxy groups -OCH3 is 1. The standard InChI is InChI=1S/C20H23NO2S/c1-13(2)11-17(20(22)23-3)21-16-8-6-10-19-15(16)12-14-7-4-5-9-18(14)24-19/h4-10,13,17,21H,11-12H2,1-3H3/t17-/m0/s1. The van der Waals surface area contributed by atoms with E-state index >= 15 is 0 Å². The Morgan fingerprint density at radius 1 is 1.17 bits per heavy atom. The molecule has 1 aliphatic heterocycles. The Balaban J connectivity index is 1.89. The minimum Gasteiger partial charge on any atom is -0.467 e. The molecule has 2 aromatic carbocycles. The summed E-state index contributed by atoms with van der Waals surface area (Å²) in [5.74, 6) is 0.210. The van der Waals surface area contributed by atoms with E-state index in [0.717, 1.165) is 18.5 Å². The molecule has 0 bridgehead atoms. The minimum atomic E-state index is -0.316. The summed E-state index contributed by atoms with van der Waals surface area (Å²) in [6.07, 6.45) is 1.64. The van der Waals surface area contributed by atoms with E-state index in [4.69, 9.17) is 4.74 Å². The van der Waals surface area contributed by atoms with Crippen molar-refractivity contribution < 1.29 is 9.53 Å². The third-order valence-corrected chi connectivity index (χ3v) is 5.44. The predicted octanol–water partition coefficient (Wildman–Crippen LogP) is 4.74. The van der Waals surface area contributed by atoms with Gasteiger partial charge in [-0.2, -0.15) is 0 Å². The van der Waals surface area contributed by atoms with Crippen LogP contribution in [0.25, 0.3) is 0 Å². The van der Waals surface area contributed by atoms with E-state index in [-0.39, 0.29) is 12.0 Å². The van der Waals surface area contributed by atoms with Crippen molar-refractivity contribution in [3.8, 4) is 0 Å². The van der Waals surface area contributed by atoms with Gasteiger partial charge < -0.3 is 10.1 Å². The molecule has 0 fully saturated rings. The molecular formula is C20H23NO2S. The number of ether oxygens (including phenoxy) is 1. The Morgan fingerprint density at radius 2 is 1.92 bits per heavy atom. The van der Waals surface area contributed by atoms with Crippen molar-refractivity contribution in [1.29, 1.82) is 0 Å². The first kappa shape index (κ1) is 16.9. The second kappa shape index (κ2) is 7.31. The summed E-state index contributed by atoms with van der Waals surface area (Å²) in [5, 5.41) is 3.43. The van der Waals surface area contributed by atoms with Gasteiger partial charge in [-0.15, -0.1) is 0 Å². The molecule has 0 radical (unpaired) electrons. The molecule has 0 amide bonds. The summed E-state index contributed by atoms with van der Waals surface area (Å²) in [6.45, 7) is 4.23. The average molecular weight is 341 g/mol. The first-order valence-electron chi connectivity index (χ1n) is 8.30. The zero-order valence-corrected chi connectivity index (χ0v) is 15.2. The van der Waals surface area contributed by atoms with Crippen molar-refractivity contribution in [2.75, 3.05) is 12.4 Å². The van der Waals surface area contributed by atoms with Crippen LogP contribution in [0.1, 0.15) is 31.4 Å². The fourth-order valence-corrected chi connectivity index (χ4v) is 4.16. The maximum absolute atomic E-state index is 12.1. The maximum atomic E-state index is 12.1. The minimum absolute atomic E-state index is 0.204. The highest BCUT2D eigenvalue weighted by atomic mass is 32.2. The summed E-state index contributed by atoms with van der Waals surface area (Å²) < 4.78 is 4.98. The number of hydrogen-bond acceptors (Lipinski definition) is 4. The van der Waals surface area contributed by atoms with Crippen LogP contribution in [0.3, 0.4) is 0 Å². The zero-order chi connectivity index (χ0) is 17.1. The van der Waals surface area contributed by atoms with E-state index < -0.39 is 0 Å². The van der Waals surface area contributed by atoms with Gasteiger partial charge in [-0.05, 0) is 41.7 Å². The van der Waals surface area contributed by atoms with Crippen LogP contribution in [0.4, 0.5) is 5.69 Å². The summed E-state index contributed by atoms with van der Waals surface area (Å²) in [4.78, 5) is 14.7. The van der Waals surface area contributed by atoms with Crippen LogP contribution in [0.5, 0.6) is 0 Å². The van der Waals surface area contributed by atoms with Gasteiger partial charge in [0.25, 0.3) is 0 Å². The largest absolute Gasteiger partial charge is 0.467 e. The van der Waals surface area contributed by atoms with Crippen LogP contribution in [0, 0.1) is 5.92 Å². The van der Waals surface area contributed by atoms with Crippen LogP contribution < -0.4 is 5.32 Å². The normalized spacial score (nSPS) is 13.8. The Morgan fingerprint density at radius 3 is 2.67 bits per heavy atom. The van der Waals surface area contributed by atoms with Crippen LogP contribution in [-0.2, 0) is 16.0 Å². The number of anilines is 1. The molecular weight excluding hydrogens is 318 g/mol. The molecule has 1 atom stereocenters. The Bertz CT molecular complexity index is 742. The van der Waals surface area contributed by atoms with Gasteiger partial charge in [-0.3, -0.25) is 0 Å². The van der Waals surface area contributed by atoms with E-state index in [1.807, 2.05) is 6.07 Å². The van der Waals surface area contributed by atoms with E-state index in [1.165, 1.54) is 28.0 Å². The molecule has 126 valence electrons. The number of rotatable bonds is 5. The van der Waals surface area contributed by atoms with Gasteiger partial charge in [0.1, 0.15) is 6.04 Å². The lowest BCUT2D eigenvalue weighted by atomic mass is 10.00. The zero-order valence-electron chi connectivity index (χ0n) is 14.3. The van der Waals surface area contributed by atoms with Gasteiger partial charge in [0.15, 0.2) is 0 Å². The second-order valence-corrected chi connectivity index (χ2v) is 7.60. The molecule has 24 heavy (non-hydrogen) atoms. The van der Waals surface area contributed by atoms with Gasteiger partial charge in [0, 0.05) is 21.9 Å². The van der Waals surface area contributed by atoms with Gasteiger partial charge in [-0.1, -0.05) is 49.9 Å². The quantitative estimate of drug-likeness (QED) is 0.680. The lowest BCUT2D eigenvalue weighted by molar-refractivity contribution is -0.141. The fraction of sp³-hybridized carbons (Fsp3) is 0.350. The van der Waals surface area contributed by atoms with Gasteiger partial charge in [0.2, 0.25) is 0 Å². The second-order valence-electron chi connectivity index (χ2n) is 6.52. The molecule has 1 aliphatic rings. The molecule has 3 nitrogen and oxygen atoms in total. The highest BCUT2D eigenvalue weighted by molar-refractivity contribution is 7.99. The number of carbonyl (C=O) groups is 1. The fourth-order valence-electron chi connectivity index (χ4n) is 3.05. The van der Waals surface area contributed by atoms with Crippen molar-refractivity contribution in [1.82, 2.24) is 0 Å². The summed E-state index contributed by atoms with van der Waals surface area (Å²) in [5.41, 5.74) is 3.63. The van der Waals surface area contributed by atoms with Crippen LogP contribution in [-0.4, -0.2) is 19.1 Å². The molecule has 0 unspecified atom stereocenters. The van der Waals surface area contributed by atoms with Crippen LogP contribution >= 0.6 is 11.8 Å². The van der Waals surface area contributed by atoms with Gasteiger partial charge in [-0.25, -0.2) is 4.79 Å². The number of fused-ring (bicyclic) bond motifs is 2. The van der Waals surface area contributed by atoms with E-state index in [1.54, 1.807) is 11.8 Å². The Hall–Kier alpha value is -1.94. The van der Waals surface area contributed by atoms with Crippen molar-refractivity contribution in [2.24, 2.45) is 5.92 Å². The molecule has 0 saturated carbocycles. The van der Waals surface area contributed by atoms with Crippen molar-refractivity contribution in [3.63, 3.8) is 0 Å². The van der Waals surface area contributed by atoms with Gasteiger partial charge >= 0.3 is 5.97 Å². The number of benzene rings is 2. The van der Waals surface area contributed by atoms with Gasteiger partial charge in [0.05, 0.1) is 7.11 Å². The molecule has 1 heterocycles. The maximum Gasteiger partial charge on any atom is 0.328 e. The third kappa shape index (κ3) is 3.59. The predicted molar refractivity (Wildman–Crippen MR) is 98.7 cm³/mol. The first-order chi connectivity index (χ1) is 11.6. The van der Waals surface area contributed by atoms with Crippen molar-refractivity contribution >= 4 is 23.4 Å². The highest BCUT2D eigenvalue weighted by Crippen LogP contribution is 2.42. The highest BCUT2D eigenvalue weighted by Gasteiger charge is 2.24. The molecule has 4 heteroatoms. The monoisotopic (exact) mass is 341 g/mol. The lowest BCUT2D eigenvalue weighted by Gasteiger charge is -2.25. The summed E-state index contributed by atoms with van der Waals surface area (Å²) in [7, 11) is 1.45. The third-order valence-electron chi connectivity index (χ3n) is 4.22. The molecule has 0 aliphatic carbocycles. The van der Waals surface area contributed by atoms with Crippen LogP contribution in [0.2, 0.25) is 0 Å². The summed E-state index contributed by atoms with van der Waals surface area (Å²) >= 11 is 1.80. The first-order valence-corrected chi connectivity index (χ1v) is 9.12.